The molecule has 182 valence electrons. The van der Waals surface area contributed by atoms with Crippen LogP contribution in [0.25, 0.3) is 0 Å². The van der Waals surface area contributed by atoms with Crippen LogP contribution >= 0.6 is 23.5 Å². The van der Waals surface area contributed by atoms with Gasteiger partial charge in [-0.05, 0) is 0 Å². The summed E-state index contributed by atoms with van der Waals surface area (Å²) >= 11 is 0. The summed E-state index contributed by atoms with van der Waals surface area (Å²) in [5.41, 5.74) is -0.252. The number of ether oxygens (including phenoxy) is 1. The second-order valence-electron chi connectivity index (χ2n) is 5.47. The Bertz CT molecular complexity index is 1140. The van der Waals surface area contributed by atoms with Crippen molar-refractivity contribution in [2.24, 2.45) is 0 Å². The lowest BCUT2D eigenvalue weighted by atomic mass is 10.1. The van der Waals surface area contributed by atoms with E-state index in [2.05, 4.69) is 24.5 Å². The molecule has 1 aromatic rings. The molecule has 0 radical (unpaired) electrons. The number of hydrogen-bond acceptors (Lipinski definition) is 11. The number of hydrogen-bond donors (Lipinski definition) is 7. The number of nitrogens with one attached hydrogen (secondary N) is 1. The van der Waals surface area contributed by atoms with Gasteiger partial charge in [0.1, 0.15) is 13.3 Å². The number of phosphoric ester groups is 1. The zero-order valence-electron chi connectivity index (χ0n) is 15.4. The summed E-state index contributed by atoms with van der Waals surface area (Å²) in [6, 6.07) is 0.828. The first-order chi connectivity index (χ1) is 14.4. The maximum absolute atomic E-state index is 15.1. The van der Waals surface area contributed by atoms with Crippen LogP contribution in [-0.4, -0.2) is 57.9 Å². The molecule has 32 heavy (non-hydrogen) atoms. The fourth-order valence-electron chi connectivity index (χ4n) is 1.70. The quantitative estimate of drug-likeness (QED) is 0.0985. The summed E-state index contributed by atoms with van der Waals surface area (Å²) in [7, 11) is -17.5. The van der Waals surface area contributed by atoms with Gasteiger partial charge in [-0.25, -0.2) is 22.9 Å². The summed E-state index contributed by atoms with van der Waals surface area (Å²) < 4.78 is 64.8. The normalized spacial score (nSPS) is 18.6. The van der Waals surface area contributed by atoms with E-state index in [0.717, 1.165) is 12.3 Å². The van der Waals surface area contributed by atoms with E-state index >= 15 is 4.39 Å². The number of alkyl halides is 1. The van der Waals surface area contributed by atoms with Crippen molar-refractivity contribution in [2.75, 3.05) is 6.61 Å². The third-order valence-electron chi connectivity index (χ3n) is 3.03. The molecule has 4 atom stereocenters. The van der Waals surface area contributed by atoms with Gasteiger partial charge in [0.05, 0.1) is 0 Å². The van der Waals surface area contributed by atoms with Gasteiger partial charge in [-0.3, -0.25) is 18.9 Å². The predicted octanol–water partition coefficient (Wildman–Crippen LogP) is -0.893. The van der Waals surface area contributed by atoms with Gasteiger partial charge >= 0.3 is 29.2 Å². The van der Waals surface area contributed by atoms with Gasteiger partial charge in [0.15, 0.2) is 11.9 Å². The molecule has 21 heteroatoms. The molecule has 0 aliphatic heterocycles. The highest BCUT2D eigenvalue weighted by molar-refractivity contribution is 7.66. The van der Waals surface area contributed by atoms with Crippen LogP contribution in [0.2, 0.25) is 0 Å². The third kappa shape index (κ3) is 9.02. The molecule has 0 spiro atoms. The Hall–Kier alpha value is -1.74. The van der Waals surface area contributed by atoms with Crippen LogP contribution in [0.3, 0.4) is 0 Å². The first kappa shape index (κ1) is 28.3. The number of rotatable bonds is 12. The lowest BCUT2D eigenvalue weighted by Gasteiger charge is -2.29. The highest BCUT2D eigenvalue weighted by Gasteiger charge is 2.47. The van der Waals surface area contributed by atoms with Crippen LogP contribution in [0.15, 0.2) is 39.9 Å². The molecule has 7 N–H and O–H groups in total. The number of aromatic nitrogens is 2. The van der Waals surface area contributed by atoms with E-state index in [0.29, 0.717) is 4.57 Å². The van der Waals surface area contributed by atoms with Gasteiger partial charge in [-0.1, -0.05) is 12.3 Å². The Kier molecular flexibility index (Phi) is 9.25. The predicted molar refractivity (Wildman–Crippen MR) is 97.4 cm³/mol. The van der Waals surface area contributed by atoms with E-state index in [1.54, 1.807) is 10.7 Å². The van der Waals surface area contributed by atoms with Gasteiger partial charge in [-0.15, -0.1) is 0 Å². The molecule has 1 rings (SSSR count). The molecule has 0 saturated carbocycles. The number of aromatic amines is 1. The number of aliphatic hydroxyl groups is 2. The van der Waals surface area contributed by atoms with Gasteiger partial charge in [-0.2, -0.15) is 8.62 Å². The molecule has 0 amide bonds. The van der Waals surface area contributed by atoms with Crippen molar-refractivity contribution in [3.63, 3.8) is 0 Å². The van der Waals surface area contributed by atoms with E-state index in [1.165, 1.54) is 0 Å². The van der Waals surface area contributed by atoms with Crippen molar-refractivity contribution < 1.29 is 65.8 Å². The van der Waals surface area contributed by atoms with Crippen molar-refractivity contribution in [2.45, 2.75) is 18.7 Å². The molecular formula is C11H16FN2O15P3. The van der Waals surface area contributed by atoms with Crippen LogP contribution in [0.1, 0.15) is 0 Å². The Labute approximate surface area is 176 Å². The van der Waals surface area contributed by atoms with Gasteiger partial charge < -0.3 is 34.5 Å². The van der Waals surface area contributed by atoms with Crippen LogP contribution < -0.4 is 11.2 Å². The van der Waals surface area contributed by atoms with E-state index in [9.17, 15) is 38.4 Å². The Morgan fingerprint density at radius 3 is 2.31 bits per heavy atom. The van der Waals surface area contributed by atoms with Crippen molar-refractivity contribution in [3.05, 3.63) is 51.2 Å². The molecule has 0 aliphatic rings. The van der Waals surface area contributed by atoms with E-state index < -0.39 is 65.8 Å². The standard InChI is InChI=1S/C11H16FN2O15P3/c1-2-7(15)9(17)11(12,26-6-14-4-3-8(16)13-10(14)18)5-27-31(22,23)29-32(24,25)28-30(19,20)21/h3-4,9,15,17H,1,5-6H2,(H,22,23)(H,24,25)(H,13,16,18)(H2,19,20,21)/t9-,11+/m0/s1. The van der Waals surface area contributed by atoms with Crippen LogP contribution in [-0.2, 0) is 38.3 Å². The molecule has 17 nitrogen and oxygen atoms in total. The zero-order valence-corrected chi connectivity index (χ0v) is 18.1. The highest BCUT2D eigenvalue weighted by atomic mass is 31.3. The third-order valence-corrected chi connectivity index (χ3v) is 6.81. The molecule has 0 saturated heterocycles. The smallest absolute Gasteiger partial charge is 0.490 e. The van der Waals surface area contributed by atoms with E-state index in [1.807, 2.05) is 0 Å². The zero-order chi connectivity index (χ0) is 25.0. The molecule has 1 heterocycles. The first-order valence-corrected chi connectivity index (χ1v) is 12.1. The molecule has 1 aromatic heterocycles. The largest absolute Gasteiger partial charge is 0.502 e. The average Bonchev–Trinajstić information content (AvgIpc) is 2.61. The van der Waals surface area contributed by atoms with Crippen molar-refractivity contribution in [3.8, 4) is 0 Å². The van der Waals surface area contributed by atoms with Crippen LogP contribution in [0, 0.1) is 0 Å². The lowest BCUT2D eigenvalue weighted by Crippen LogP contribution is -2.47. The summed E-state index contributed by atoms with van der Waals surface area (Å²) in [5.74, 6) is -5.01. The van der Waals surface area contributed by atoms with Crippen LogP contribution in [0.4, 0.5) is 4.39 Å². The number of halogens is 1. The Morgan fingerprint density at radius 1 is 1.22 bits per heavy atom. The van der Waals surface area contributed by atoms with Crippen molar-refractivity contribution >= 4 is 23.5 Å². The maximum Gasteiger partial charge on any atom is 0.490 e. The minimum absolute atomic E-state index is 0.544. The Morgan fingerprint density at radius 2 is 1.81 bits per heavy atom. The second kappa shape index (κ2) is 10.5. The topological polar surface area (TPSA) is 264 Å². The number of nitrogens with zero attached hydrogens (tertiary/aromatic N) is 1. The summed E-state index contributed by atoms with van der Waals surface area (Å²) in [5, 5.41) is 19.3. The maximum atomic E-state index is 15.1. The SMILES string of the molecule is C=C=C(O)[C@H](O)[C@@](F)(COP(=O)(O)OP(=O)(O)OP(=O)(O)O)OCn1ccc(=O)[nH]c1=O. The van der Waals surface area contributed by atoms with E-state index in [4.69, 9.17) is 14.7 Å². The fourth-order valence-corrected chi connectivity index (χ4v) is 4.73. The monoisotopic (exact) mass is 528 g/mol. The van der Waals surface area contributed by atoms with Gasteiger partial charge in [0, 0.05) is 12.3 Å². The molecule has 0 aromatic carbocycles. The minimum atomic E-state index is -5.92. The average molecular weight is 528 g/mol. The second-order valence-corrected chi connectivity index (χ2v) is 9.89. The summed E-state index contributed by atoms with van der Waals surface area (Å²) in [6.45, 7) is -0.0398. The van der Waals surface area contributed by atoms with Gasteiger partial charge in [0.25, 0.3) is 11.4 Å². The minimum Gasteiger partial charge on any atom is -0.502 e. The summed E-state index contributed by atoms with van der Waals surface area (Å²) in [4.78, 5) is 59.7. The first-order valence-electron chi connectivity index (χ1n) is 7.58. The molecule has 0 fully saturated rings. The number of aliphatic hydroxyl groups excluding tert-OH is 2. The summed E-state index contributed by atoms with van der Waals surface area (Å²) in [6.07, 6.45) is -1.90. The molecule has 2 unspecified atom stereocenters. The fraction of sp³-hybridized carbons (Fsp3) is 0.364. The number of H-pyrrole nitrogens is 1. The number of phosphoric acid groups is 3. The van der Waals surface area contributed by atoms with E-state index in [-0.39, 0.29) is 0 Å². The molecule has 0 bridgehead atoms. The van der Waals surface area contributed by atoms with Crippen LogP contribution in [0.5, 0.6) is 0 Å². The van der Waals surface area contributed by atoms with Crippen molar-refractivity contribution in [1.29, 1.82) is 0 Å². The Balaban J connectivity index is 3.08. The van der Waals surface area contributed by atoms with Gasteiger partial charge in [0.2, 0.25) is 0 Å². The molecule has 0 aliphatic carbocycles. The van der Waals surface area contributed by atoms with Crippen molar-refractivity contribution in [1.82, 2.24) is 9.55 Å². The highest BCUT2D eigenvalue weighted by Crippen LogP contribution is 2.66. The molecular weight excluding hydrogens is 512 g/mol. The lowest BCUT2D eigenvalue weighted by molar-refractivity contribution is -0.237.